The van der Waals surface area contributed by atoms with Crippen LogP contribution in [-0.4, -0.2) is 29.2 Å². The smallest absolute Gasteiger partial charge is 0.0679 e. The van der Waals surface area contributed by atoms with Crippen LogP contribution in [0.1, 0.15) is 12.0 Å². The fourth-order valence-corrected chi connectivity index (χ4v) is 2.30. The van der Waals surface area contributed by atoms with E-state index in [4.69, 9.17) is 0 Å². The lowest BCUT2D eigenvalue weighted by Crippen LogP contribution is -2.21. The van der Waals surface area contributed by atoms with E-state index in [9.17, 15) is 5.11 Å². The van der Waals surface area contributed by atoms with E-state index in [1.165, 1.54) is 5.56 Å². The minimum atomic E-state index is -0.123. The van der Waals surface area contributed by atoms with Gasteiger partial charge in [0.2, 0.25) is 0 Å². The highest BCUT2D eigenvalue weighted by atomic mass is 79.9. The fourth-order valence-electron chi connectivity index (χ4n) is 1.85. The molecule has 3 heteroatoms. The van der Waals surface area contributed by atoms with Crippen molar-refractivity contribution in [2.24, 2.45) is 0 Å². The van der Waals surface area contributed by atoms with Crippen molar-refractivity contribution < 1.29 is 5.11 Å². The van der Waals surface area contributed by atoms with Gasteiger partial charge in [0.15, 0.2) is 0 Å². The SMILES string of the molecule is O[C@H]1CCN(Cc2cccc(Br)c2)C1. The van der Waals surface area contributed by atoms with Crippen LogP contribution in [0.4, 0.5) is 0 Å². The molecule has 1 fully saturated rings. The number of nitrogens with zero attached hydrogens (tertiary/aromatic N) is 1. The van der Waals surface area contributed by atoms with Crippen LogP contribution in [-0.2, 0) is 6.54 Å². The van der Waals surface area contributed by atoms with Gasteiger partial charge in [-0.1, -0.05) is 28.1 Å². The van der Waals surface area contributed by atoms with Crippen molar-refractivity contribution in [2.45, 2.75) is 19.1 Å². The maximum atomic E-state index is 9.38. The minimum Gasteiger partial charge on any atom is -0.392 e. The Hall–Kier alpha value is -0.380. The van der Waals surface area contributed by atoms with E-state index in [1.807, 2.05) is 12.1 Å². The Morgan fingerprint density at radius 3 is 3.00 bits per heavy atom. The number of aliphatic hydroxyl groups excluding tert-OH is 1. The number of aliphatic hydroxyl groups is 1. The quantitative estimate of drug-likeness (QED) is 0.875. The first-order valence-electron chi connectivity index (χ1n) is 4.89. The third-order valence-electron chi connectivity index (χ3n) is 2.54. The number of hydrogen-bond donors (Lipinski definition) is 1. The number of benzene rings is 1. The summed E-state index contributed by atoms with van der Waals surface area (Å²) >= 11 is 3.46. The Balaban J connectivity index is 1.97. The number of β-amino-alcohol motifs (C(OH)–C–C–N with tert-alkyl or cyclic N) is 1. The molecule has 0 radical (unpaired) electrons. The van der Waals surface area contributed by atoms with E-state index < -0.39 is 0 Å². The summed E-state index contributed by atoms with van der Waals surface area (Å²) in [4.78, 5) is 2.28. The molecule has 0 spiro atoms. The molecule has 76 valence electrons. The second-order valence-corrected chi connectivity index (χ2v) is 4.72. The van der Waals surface area contributed by atoms with Gasteiger partial charge in [-0.2, -0.15) is 0 Å². The Labute approximate surface area is 92.7 Å². The Bertz CT molecular complexity index is 316. The van der Waals surface area contributed by atoms with Crippen LogP contribution in [0.3, 0.4) is 0 Å². The molecule has 1 N–H and O–H groups in total. The Kier molecular flexibility index (Phi) is 3.21. The molecule has 0 aliphatic carbocycles. The van der Waals surface area contributed by atoms with Crippen LogP contribution in [0.15, 0.2) is 28.7 Å². The lowest BCUT2D eigenvalue weighted by molar-refractivity contribution is 0.175. The Morgan fingerprint density at radius 2 is 2.36 bits per heavy atom. The molecule has 1 aromatic rings. The van der Waals surface area contributed by atoms with Crippen molar-refractivity contribution in [3.8, 4) is 0 Å². The van der Waals surface area contributed by atoms with Gasteiger partial charge >= 0.3 is 0 Å². The van der Waals surface area contributed by atoms with Crippen molar-refractivity contribution in [3.05, 3.63) is 34.3 Å². The predicted molar refractivity (Wildman–Crippen MR) is 60.0 cm³/mol. The number of halogens is 1. The molecule has 2 nitrogen and oxygen atoms in total. The highest BCUT2D eigenvalue weighted by Crippen LogP contribution is 2.16. The van der Waals surface area contributed by atoms with Crippen molar-refractivity contribution in [1.29, 1.82) is 0 Å². The van der Waals surface area contributed by atoms with Gasteiger partial charge in [0.1, 0.15) is 0 Å². The standard InChI is InChI=1S/C11H14BrNO/c12-10-3-1-2-9(6-10)7-13-5-4-11(14)8-13/h1-3,6,11,14H,4-5,7-8H2/t11-/m0/s1. The van der Waals surface area contributed by atoms with Gasteiger partial charge in [-0.3, -0.25) is 4.90 Å². The molecule has 1 saturated heterocycles. The van der Waals surface area contributed by atoms with Crippen LogP contribution < -0.4 is 0 Å². The lowest BCUT2D eigenvalue weighted by Gasteiger charge is -2.14. The lowest BCUT2D eigenvalue weighted by atomic mass is 10.2. The van der Waals surface area contributed by atoms with E-state index in [2.05, 4.69) is 33.0 Å². The average Bonchev–Trinajstić information content (AvgIpc) is 2.51. The summed E-state index contributed by atoms with van der Waals surface area (Å²) in [6.07, 6.45) is 0.788. The minimum absolute atomic E-state index is 0.123. The maximum absolute atomic E-state index is 9.38. The summed E-state index contributed by atoms with van der Waals surface area (Å²) in [6.45, 7) is 2.76. The van der Waals surface area contributed by atoms with E-state index in [0.717, 1.165) is 30.5 Å². The van der Waals surface area contributed by atoms with Gasteiger partial charge in [-0.05, 0) is 24.1 Å². The number of rotatable bonds is 2. The second kappa shape index (κ2) is 4.43. The van der Waals surface area contributed by atoms with E-state index in [-0.39, 0.29) is 6.10 Å². The maximum Gasteiger partial charge on any atom is 0.0679 e. The fraction of sp³-hybridized carbons (Fsp3) is 0.455. The first-order chi connectivity index (χ1) is 6.74. The molecule has 2 rings (SSSR count). The summed E-state index contributed by atoms with van der Waals surface area (Å²) in [5.41, 5.74) is 1.30. The monoisotopic (exact) mass is 255 g/mol. The van der Waals surface area contributed by atoms with Crippen molar-refractivity contribution >= 4 is 15.9 Å². The summed E-state index contributed by atoms with van der Waals surface area (Å²) in [5.74, 6) is 0. The summed E-state index contributed by atoms with van der Waals surface area (Å²) in [7, 11) is 0. The molecule has 0 amide bonds. The normalized spacial score (nSPS) is 22.9. The van der Waals surface area contributed by atoms with Crippen LogP contribution in [0, 0.1) is 0 Å². The average molecular weight is 256 g/mol. The highest BCUT2D eigenvalue weighted by Gasteiger charge is 2.19. The van der Waals surface area contributed by atoms with E-state index in [1.54, 1.807) is 0 Å². The first-order valence-corrected chi connectivity index (χ1v) is 5.68. The van der Waals surface area contributed by atoms with Crippen LogP contribution in [0.2, 0.25) is 0 Å². The van der Waals surface area contributed by atoms with Crippen molar-refractivity contribution in [3.63, 3.8) is 0 Å². The zero-order valence-electron chi connectivity index (χ0n) is 7.99. The van der Waals surface area contributed by atoms with Crippen LogP contribution in [0.25, 0.3) is 0 Å². The van der Waals surface area contributed by atoms with Gasteiger partial charge in [-0.25, -0.2) is 0 Å². The molecular weight excluding hydrogens is 242 g/mol. The van der Waals surface area contributed by atoms with Gasteiger partial charge in [-0.15, -0.1) is 0 Å². The molecule has 1 heterocycles. The third-order valence-corrected chi connectivity index (χ3v) is 3.04. The topological polar surface area (TPSA) is 23.5 Å². The van der Waals surface area contributed by atoms with E-state index >= 15 is 0 Å². The first kappa shape index (κ1) is 10.1. The van der Waals surface area contributed by atoms with Crippen LogP contribution >= 0.6 is 15.9 Å². The largest absolute Gasteiger partial charge is 0.392 e. The van der Waals surface area contributed by atoms with Crippen molar-refractivity contribution in [2.75, 3.05) is 13.1 Å². The predicted octanol–water partition coefficient (Wildman–Crippen LogP) is 2.02. The zero-order chi connectivity index (χ0) is 9.97. The summed E-state index contributed by atoms with van der Waals surface area (Å²) in [5, 5.41) is 9.38. The molecule has 1 atom stereocenters. The molecule has 0 unspecified atom stereocenters. The highest BCUT2D eigenvalue weighted by molar-refractivity contribution is 9.10. The molecular formula is C11H14BrNO. The zero-order valence-corrected chi connectivity index (χ0v) is 9.57. The number of hydrogen-bond acceptors (Lipinski definition) is 2. The van der Waals surface area contributed by atoms with Crippen molar-refractivity contribution in [1.82, 2.24) is 4.90 Å². The third kappa shape index (κ3) is 2.56. The number of likely N-dealkylation sites (tertiary alicyclic amines) is 1. The molecule has 1 aliphatic rings. The summed E-state index contributed by atoms with van der Waals surface area (Å²) < 4.78 is 1.12. The van der Waals surface area contributed by atoms with Gasteiger partial charge in [0, 0.05) is 24.1 Å². The molecule has 14 heavy (non-hydrogen) atoms. The van der Waals surface area contributed by atoms with Gasteiger partial charge in [0.25, 0.3) is 0 Å². The van der Waals surface area contributed by atoms with Gasteiger partial charge < -0.3 is 5.11 Å². The second-order valence-electron chi connectivity index (χ2n) is 3.81. The van der Waals surface area contributed by atoms with E-state index in [0.29, 0.717) is 0 Å². The molecule has 1 aliphatic heterocycles. The molecule has 0 bridgehead atoms. The Morgan fingerprint density at radius 1 is 1.50 bits per heavy atom. The molecule has 0 aromatic heterocycles. The van der Waals surface area contributed by atoms with Crippen LogP contribution in [0.5, 0.6) is 0 Å². The molecule has 0 saturated carbocycles. The summed E-state index contributed by atoms with van der Waals surface area (Å²) in [6, 6.07) is 8.33. The molecule has 1 aromatic carbocycles. The van der Waals surface area contributed by atoms with Gasteiger partial charge in [0.05, 0.1) is 6.10 Å².